The van der Waals surface area contributed by atoms with Crippen molar-refractivity contribution in [3.8, 4) is 0 Å². The zero-order chi connectivity index (χ0) is 23.0. The van der Waals surface area contributed by atoms with Crippen LogP contribution in [0.1, 0.15) is 39.0 Å². The fourth-order valence-corrected chi connectivity index (χ4v) is 2.97. The molecule has 1 aliphatic rings. The van der Waals surface area contributed by atoms with E-state index in [1.54, 1.807) is 6.92 Å². The molecule has 11 N–H and O–H groups in total. The van der Waals surface area contributed by atoms with Crippen molar-refractivity contribution in [2.24, 2.45) is 17.2 Å². The molecule has 30 heavy (non-hydrogen) atoms. The van der Waals surface area contributed by atoms with E-state index >= 15 is 0 Å². The number of rotatable bonds is 11. The predicted octanol–water partition coefficient (Wildman–Crippen LogP) is -4.34. The van der Waals surface area contributed by atoms with Gasteiger partial charge in [-0.2, -0.15) is 0 Å². The van der Waals surface area contributed by atoms with Crippen molar-refractivity contribution >= 4 is 23.6 Å². The number of aliphatic hydroxyl groups excluding tert-OH is 3. The fraction of sp³-hybridized carbons (Fsp3) is 0.765. The Morgan fingerprint density at radius 1 is 0.967 bits per heavy atom. The van der Waals surface area contributed by atoms with Gasteiger partial charge in [-0.25, -0.2) is 0 Å². The van der Waals surface area contributed by atoms with E-state index in [1.807, 2.05) is 0 Å². The molecule has 1 aliphatic heterocycles. The van der Waals surface area contributed by atoms with Gasteiger partial charge in [0, 0.05) is 12.8 Å². The number of nitrogens with two attached hydrogens (primary N) is 3. The van der Waals surface area contributed by atoms with Crippen LogP contribution in [0.3, 0.4) is 0 Å². The molecule has 7 unspecified atom stereocenters. The van der Waals surface area contributed by atoms with Gasteiger partial charge in [-0.15, -0.1) is 0 Å². The van der Waals surface area contributed by atoms with Crippen LogP contribution in [0.2, 0.25) is 0 Å². The van der Waals surface area contributed by atoms with E-state index in [0.29, 0.717) is 6.42 Å². The molecule has 0 spiro atoms. The van der Waals surface area contributed by atoms with Crippen LogP contribution < -0.4 is 27.8 Å². The summed E-state index contributed by atoms with van der Waals surface area (Å²) >= 11 is 0. The van der Waals surface area contributed by atoms with E-state index in [4.69, 9.17) is 21.9 Å². The minimum absolute atomic E-state index is 0.0518. The highest BCUT2D eigenvalue weighted by Crippen LogP contribution is 2.22. The zero-order valence-electron chi connectivity index (χ0n) is 16.7. The molecule has 4 amide bonds. The van der Waals surface area contributed by atoms with E-state index in [-0.39, 0.29) is 25.7 Å². The molecule has 7 atom stereocenters. The standard InChI is InChI=1S/C17H31N5O8/c1-2-9-13(25)14(26)12(17(29)30-9)22-16(28)8(4-6-11(20)24)21-15(27)7(18)3-5-10(19)23/h7-9,12-14,17,25-26,29H,2-6,18H2,1H3,(H2,19,23)(H2,20,24)(H,21,27)(H,22,28). The third-order valence-electron chi connectivity index (χ3n) is 4.78. The third-order valence-corrected chi connectivity index (χ3v) is 4.78. The average molecular weight is 433 g/mol. The number of amides is 4. The summed E-state index contributed by atoms with van der Waals surface area (Å²) in [6.45, 7) is 1.68. The first-order valence-electron chi connectivity index (χ1n) is 9.60. The van der Waals surface area contributed by atoms with E-state index in [2.05, 4.69) is 10.6 Å². The first kappa shape index (κ1) is 25.7. The quantitative estimate of drug-likeness (QED) is 0.157. The number of aliphatic hydroxyl groups is 3. The van der Waals surface area contributed by atoms with Crippen molar-refractivity contribution in [1.82, 2.24) is 10.6 Å². The first-order valence-corrected chi connectivity index (χ1v) is 9.60. The van der Waals surface area contributed by atoms with Gasteiger partial charge in [-0.1, -0.05) is 6.92 Å². The van der Waals surface area contributed by atoms with Crippen LogP contribution in [0, 0.1) is 0 Å². The lowest BCUT2D eigenvalue weighted by molar-refractivity contribution is -0.247. The van der Waals surface area contributed by atoms with E-state index in [1.165, 1.54) is 0 Å². The molecule has 1 fully saturated rings. The summed E-state index contributed by atoms with van der Waals surface area (Å²) in [4.78, 5) is 46.8. The van der Waals surface area contributed by atoms with Crippen LogP contribution in [0.5, 0.6) is 0 Å². The predicted molar refractivity (Wildman–Crippen MR) is 102 cm³/mol. The fourth-order valence-electron chi connectivity index (χ4n) is 2.97. The van der Waals surface area contributed by atoms with Gasteiger partial charge < -0.3 is 47.9 Å². The normalized spacial score (nSPS) is 28.2. The summed E-state index contributed by atoms with van der Waals surface area (Å²) < 4.78 is 5.19. The van der Waals surface area contributed by atoms with Gasteiger partial charge in [0.15, 0.2) is 6.29 Å². The molecule has 13 heteroatoms. The summed E-state index contributed by atoms with van der Waals surface area (Å²) in [5, 5.41) is 35.0. The second-order valence-corrected chi connectivity index (χ2v) is 7.17. The largest absolute Gasteiger partial charge is 0.388 e. The summed E-state index contributed by atoms with van der Waals surface area (Å²) in [5.74, 6) is -3.00. The van der Waals surface area contributed by atoms with Crippen LogP contribution in [0.15, 0.2) is 0 Å². The zero-order valence-corrected chi connectivity index (χ0v) is 16.7. The van der Waals surface area contributed by atoms with Gasteiger partial charge in [0.05, 0.1) is 12.1 Å². The molecule has 0 aromatic rings. The number of nitrogens with one attached hydrogen (secondary N) is 2. The van der Waals surface area contributed by atoms with Gasteiger partial charge in [-0.05, 0) is 19.3 Å². The Bertz CT molecular complexity index is 633. The summed E-state index contributed by atoms with van der Waals surface area (Å²) in [6, 6.07) is -3.81. The van der Waals surface area contributed by atoms with Crippen molar-refractivity contribution in [3.63, 3.8) is 0 Å². The van der Waals surface area contributed by atoms with Crippen molar-refractivity contribution in [1.29, 1.82) is 0 Å². The van der Waals surface area contributed by atoms with Gasteiger partial charge in [0.25, 0.3) is 0 Å². The SMILES string of the molecule is CCC1OC(O)C(NC(=O)C(CCC(N)=O)NC(=O)C(N)CCC(N)=O)C(O)C1O. The Labute approximate surface area is 173 Å². The molecule has 1 heterocycles. The molecule has 0 aromatic carbocycles. The molecule has 1 saturated heterocycles. The van der Waals surface area contributed by atoms with Crippen LogP contribution in [0.25, 0.3) is 0 Å². The van der Waals surface area contributed by atoms with Crippen molar-refractivity contribution in [3.05, 3.63) is 0 Å². The van der Waals surface area contributed by atoms with Crippen LogP contribution in [-0.2, 0) is 23.9 Å². The smallest absolute Gasteiger partial charge is 0.243 e. The molecular weight excluding hydrogens is 402 g/mol. The molecule has 0 aliphatic carbocycles. The number of carbonyl (C=O) groups excluding carboxylic acids is 4. The first-order chi connectivity index (χ1) is 14.0. The highest BCUT2D eigenvalue weighted by molar-refractivity contribution is 5.90. The molecular formula is C17H31N5O8. The minimum atomic E-state index is -1.61. The Hall–Kier alpha value is -2.32. The van der Waals surface area contributed by atoms with Crippen molar-refractivity contribution < 1.29 is 39.2 Å². The summed E-state index contributed by atoms with van der Waals surface area (Å²) in [5.41, 5.74) is 15.8. The molecule has 0 radical (unpaired) electrons. The number of ether oxygens (including phenoxy) is 1. The number of hydrogen-bond donors (Lipinski definition) is 8. The Balaban J connectivity index is 2.83. The lowest BCUT2D eigenvalue weighted by Gasteiger charge is -2.41. The van der Waals surface area contributed by atoms with Crippen LogP contribution in [-0.4, -0.2) is 81.7 Å². The molecule has 0 aromatic heterocycles. The molecule has 13 nitrogen and oxygen atoms in total. The van der Waals surface area contributed by atoms with Crippen LogP contribution >= 0.6 is 0 Å². The number of primary amides is 2. The van der Waals surface area contributed by atoms with Gasteiger partial charge in [-0.3, -0.25) is 19.2 Å². The van der Waals surface area contributed by atoms with Gasteiger partial charge in [0.2, 0.25) is 23.6 Å². The number of hydrogen-bond acceptors (Lipinski definition) is 9. The lowest BCUT2D eigenvalue weighted by Crippen LogP contribution is -2.65. The molecule has 1 rings (SSSR count). The molecule has 0 saturated carbocycles. The van der Waals surface area contributed by atoms with Crippen LogP contribution in [0.4, 0.5) is 0 Å². The monoisotopic (exact) mass is 433 g/mol. The second-order valence-electron chi connectivity index (χ2n) is 7.17. The molecule has 172 valence electrons. The number of carbonyl (C=O) groups is 4. The van der Waals surface area contributed by atoms with Gasteiger partial charge >= 0.3 is 0 Å². The Morgan fingerprint density at radius 3 is 2.07 bits per heavy atom. The second kappa shape index (κ2) is 11.8. The lowest BCUT2D eigenvalue weighted by atomic mass is 9.95. The van der Waals surface area contributed by atoms with Crippen molar-refractivity contribution in [2.75, 3.05) is 0 Å². The highest BCUT2D eigenvalue weighted by atomic mass is 16.6. The summed E-state index contributed by atoms with van der Waals surface area (Å²) in [7, 11) is 0. The third kappa shape index (κ3) is 7.50. The van der Waals surface area contributed by atoms with Gasteiger partial charge in [0.1, 0.15) is 24.3 Å². The highest BCUT2D eigenvalue weighted by Gasteiger charge is 2.44. The summed E-state index contributed by atoms with van der Waals surface area (Å²) in [6.07, 6.45) is -5.63. The maximum atomic E-state index is 12.6. The maximum absolute atomic E-state index is 12.6. The van der Waals surface area contributed by atoms with E-state index in [9.17, 15) is 34.5 Å². The molecule has 0 bridgehead atoms. The topological polar surface area (TPSA) is 240 Å². The minimum Gasteiger partial charge on any atom is -0.388 e. The van der Waals surface area contributed by atoms with Crippen molar-refractivity contribution in [2.45, 2.75) is 81.8 Å². The van der Waals surface area contributed by atoms with E-state index in [0.717, 1.165) is 0 Å². The Kier molecular flexibility index (Phi) is 10.1. The maximum Gasteiger partial charge on any atom is 0.243 e. The average Bonchev–Trinajstić information content (AvgIpc) is 2.68. The Morgan fingerprint density at radius 2 is 1.53 bits per heavy atom. The van der Waals surface area contributed by atoms with E-state index < -0.39 is 66.4 Å².